The van der Waals surface area contributed by atoms with Crippen LogP contribution in [0.1, 0.15) is 12.7 Å². The van der Waals surface area contributed by atoms with Crippen LogP contribution in [0, 0.1) is 0 Å². The first-order valence-electron chi connectivity index (χ1n) is 7.64. The minimum absolute atomic E-state index is 0.402. The van der Waals surface area contributed by atoms with Gasteiger partial charge >= 0.3 is 0 Å². The number of ether oxygens (including phenoxy) is 1. The Morgan fingerprint density at radius 1 is 1.36 bits per heavy atom. The van der Waals surface area contributed by atoms with Crippen LogP contribution in [0.2, 0.25) is 0 Å². The SMILES string of the molecule is COc1cccc(-c2nnc(S[C@@H](C)C(N)=O)n2Cc2ccco2)c1. The van der Waals surface area contributed by atoms with E-state index in [0.717, 1.165) is 17.1 Å². The summed E-state index contributed by atoms with van der Waals surface area (Å²) in [6.07, 6.45) is 1.61. The molecule has 0 spiro atoms. The maximum Gasteiger partial charge on any atom is 0.230 e. The first-order chi connectivity index (χ1) is 12.1. The third-order valence-corrected chi connectivity index (χ3v) is 4.72. The maximum absolute atomic E-state index is 11.4. The third kappa shape index (κ3) is 3.85. The number of rotatable bonds is 7. The molecule has 0 saturated heterocycles. The standard InChI is InChI=1S/C17H18N4O3S/c1-11(15(18)22)25-17-20-19-16(12-5-3-6-13(9-12)23-2)21(17)10-14-7-4-8-24-14/h3-9,11H,10H2,1-2H3,(H2,18,22)/t11-/m0/s1. The Morgan fingerprint density at radius 2 is 2.20 bits per heavy atom. The van der Waals surface area contributed by atoms with Crippen LogP contribution in [-0.2, 0) is 11.3 Å². The second kappa shape index (κ2) is 7.43. The molecular formula is C17H18N4O3S. The molecule has 0 aliphatic rings. The average Bonchev–Trinajstić information content (AvgIpc) is 3.26. The first kappa shape index (κ1) is 17.1. The van der Waals surface area contributed by atoms with E-state index in [2.05, 4.69) is 10.2 Å². The Balaban J connectivity index is 2.01. The molecule has 8 heteroatoms. The van der Waals surface area contributed by atoms with Crippen molar-refractivity contribution in [2.75, 3.05) is 7.11 Å². The zero-order valence-electron chi connectivity index (χ0n) is 13.9. The molecule has 0 aliphatic heterocycles. The van der Waals surface area contributed by atoms with E-state index in [-0.39, 0.29) is 0 Å². The van der Waals surface area contributed by atoms with Crippen molar-refractivity contribution in [2.24, 2.45) is 5.73 Å². The van der Waals surface area contributed by atoms with Gasteiger partial charge in [0, 0.05) is 5.56 Å². The fraction of sp³-hybridized carbons (Fsp3) is 0.235. The van der Waals surface area contributed by atoms with Crippen LogP contribution in [0.4, 0.5) is 0 Å². The molecular weight excluding hydrogens is 340 g/mol. The summed E-state index contributed by atoms with van der Waals surface area (Å²) in [6, 6.07) is 11.3. The lowest BCUT2D eigenvalue weighted by atomic mass is 10.2. The van der Waals surface area contributed by atoms with Gasteiger partial charge in [-0.1, -0.05) is 23.9 Å². The van der Waals surface area contributed by atoms with Gasteiger partial charge in [-0.3, -0.25) is 9.36 Å². The molecule has 2 N–H and O–H groups in total. The number of nitrogens with zero attached hydrogens (tertiary/aromatic N) is 3. The molecule has 130 valence electrons. The maximum atomic E-state index is 11.4. The molecule has 2 aromatic heterocycles. The van der Waals surface area contributed by atoms with E-state index in [1.54, 1.807) is 20.3 Å². The van der Waals surface area contributed by atoms with Crippen LogP contribution in [0.5, 0.6) is 5.75 Å². The number of primary amides is 1. The number of benzene rings is 1. The zero-order chi connectivity index (χ0) is 17.8. The van der Waals surface area contributed by atoms with Crippen LogP contribution in [0.15, 0.2) is 52.2 Å². The van der Waals surface area contributed by atoms with E-state index in [9.17, 15) is 4.79 Å². The topological polar surface area (TPSA) is 96.2 Å². The molecule has 2 heterocycles. The van der Waals surface area contributed by atoms with E-state index in [0.29, 0.717) is 17.5 Å². The van der Waals surface area contributed by atoms with Crippen molar-refractivity contribution < 1.29 is 13.9 Å². The van der Waals surface area contributed by atoms with Gasteiger partial charge in [-0.15, -0.1) is 10.2 Å². The van der Waals surface area contributed by atoms with Gasteiger partial charge in [0.25, 0.3) is 0 Å². The summed E-state index contributed by atoms with van der Waals surface area (Å²) in [6.45, 7) is 2.19. The Kier molecular flexibility index (Phi) is 5.08. The minimum atomic E-state index is -0.419. The third-order valence-electron chi connectivity index (χ3n) is 3.62. The number of carbonyl (C=O) groups excluding carboxylic acids is 1. The number of carbonyl (C=O) groups is 1. The largest absolute Gasteiger partial charge is 0.497 e. The normalized spacial score (nSPS) is 12.1. The van der Waals surface area contributed by atoms with Gasteiger partial charge < -0.3 is 14.9 Å². The summed E-state index contributed by atoms with van der Waals surface area (Å²) in [5.74, 6) is 1.75. The number of hydrogen-bond donors (Lipinski definition) is 1. The van der Waals surface area contributed by atoms with Crippen LogP contribution in [0.3, 0.4) is 0 Å². The Morgan fingerprint density at radius 3 is 2.88 bits per heavy atom. The quantitative estimate of drug-likeness (QED) is 0.652. The highest BCUT2D eigenvalue weighted by Gasteiger charge is 2.20. The Labute approximate surface area is 149 Å². The fourth-order valence-corrected chi connectivity index (χ4v) is 3.07. The summed E-state index contributed by atoms with van der Waals surface area (Å²) in [4.78, 5) is 11.4. The second-order valence-corrected chi connectivity index (χ2v) is 6.67. The molecule has 3 aromatic rings. The molecule has 0 bridgehead atoms. The lowest BCUT2D eigenvalue weighted by Gasteiger charge is -2.11. The van der Waals surface area contributed by atoms with Gasteiger partial charge in [0.2, 0.25) is 5.91 Å². The summed E-state index contributed by atoms with van der Waals surface area (Å²) in [7, 11) is 1.61. The summed E-state index contributed by atoms with van der Waals surface area (Å²) < 4.78 is 12.6. The number of hydrogen-bond acceptors (Lipinski definition) is 6. The van der Waals surface area contributed by atoms with Gasteiger partial charge in [0.1, 0.15) is 11.5 Å². The van der Waals surface area contributed by atoms with Crippen LogP contribution >= 0.6 is 11.8 Å². The minimum Gasteiger partial charge on any atom is -0.497 e. The molecule has 25 heavy (non-hydrogen) atoms. The molecule has 0 unspecified atom stereocenters. The molecule has 1 aromatic carbocycles. The van der Waals surface area contributed by atoms with Crippen molar-refractivity contribution >= 4 is 17.7 Å². The van der Waals surface area contributed by atoms with Crippen molar-refractivity contribution in [1.29, 1.82) is 0 Å². The molecule has 0 saturated carbocycles. The molecule has 7 nitrogen and oxygen atoms in total. The second-order valence-electron chi connectivity index (χ2n) is 5.37. The van der Waals surface area contributed by atoms with Crippen molar-refractivity contribution in [1.82, 2.24) is 14.8 Å². The number of aromatic nitrogens is 3. The van der Waals surface area contributed by atoms with Crippen molar-refractivity contribution in [2.45, 2.75) is 23.9 Å². The van der Waals surface area contributed by atoms with E-state index < -0.39 is 11.2 Å². The number of amides is 1. The van der Waals surface area contributed by atoms with Crippen LogP contribution in [-0.4, -0.2) is 33.0 Å². The summed E-state index contributed by atoms with van der Waals surface area (Å²) in [5.41, 5.74) is 6.23. The first-order valence-corrected chi connectivity index (χ1v) is 8.52. The van der Waals surface area contributed by atoms with Gasteiger partial charge in [0.15, 0.2) is 11.0 Å². The lowest BCUT2D eigenvalue weighted by Crippen LogP contribution is -2.23. The highest BCUT2D eigenvalue weighted by molar-refractivity contribution is 8.00. The highest BCUT2D eigenvalue weighted by Crippen LogP contribution is 2.29. The molecule has 3 rings (SSSR count). The number of thioether (sulfide) groups is 1. The van der Waals surface area contributed by atoms with Crippen molar-refractivity contribution in [3.63, 3.8) is 0 Å². The number of furan rings is 1. The summed E-state index contributed by atoms with van der Waals surface area (Å²) in [5, 5.41) is 8.71. The Bertz CT molecular complexity index is 861. The van der Waals surface area contributed by atoms with Gasteiger partial charge in [-0.2, -0.15) is 0 Å². The smallest absolute Gasteiger partial charge is 0.230 e. The fourth-order valence-electron chi connectivity index (χ4n) is 2.27. The van der Waals surface area contributed by atoms with Crippen LogP contribution in [0.25, 0.3) is 11.4 Å². The molecule has 1 amide bonds. The molecule has 1 atom stereocenters. The van der Waals surface area contributed by atoms with E-state index in [1.807, 2.05) is 41.0 Å². The molecule has 0 fully saturated rings. The predicted octanol–water partition coefficient (Wildman–Crippen LogP) is 2.56. The highest BCUT2D eigenvalue weighted by atomic mass is 32.2. The lowest BCUT2D eigenvalue weighted by molar-refractivity contribution is -0.117. The van der Waals surface area contributed by atoms with Gasteiger partial charge in [-0.25, -0.2) is 0 Å². The molecule has 0 radical (unpaired) electrons. The van der Waals surface area contributed by atoms with Gasteiger partial charge in [-0.05, 0) is 31.2 Å². The zero-order valence-corrected chi connectivity index (χ0v) is 14.7. The van der Waals surface area contributed by atoms with E-state index >= 15 is 0 Å². The van der Waals surface area contributed by atoms with Gasteiger partial charge in [0.05, 0.1) is 25.2 Å². The predicted molar refractivity (Wildman–Crippen MR) is 94.3 cm³/mol. The number of methoxy groups -OCH3 is 1. The van der Waals surface area contributed by atoms with E-state index in [1.165, 1.54) is 11.8 Å². The number of nitrogens with two attached hydrogens (primary N) is 1. The van der Waals surface area contributed by atoms with E-state index in [4.69, 9.17) is 14.9 Å². The van der Waals surface area contributed by atoms with Crippen molar-refractivity contribution in [3.8, 4) is 17.1 Å². The average molecular weight is 358 g/mol. The van der Waals surface area contributed by atoms with Crippen LogP contribution < -0.4 is 10.5 Å². The molecule has 0 aliphatic carbocycles. The monoisotopic (exact) mass is 358 g/mol. The Hall–Kier alpha value is -2.74. The summed E-state index contributed by atoms with van der Waals surface area (Å²) >= 11 is 1.27. The van der Waals surface area contributed by atoms with Crippen molar-refractivity contribution in [3.05, 3.63) is 48.4 Å².